The van der Waals surface area contributed by atoms with Crippen molar-refractivity contribution in [3.05, 3.63) is 12.4 Å². The van der Waals surface area contributed by atoms with Crippen molar-refractivity contribution in [2.45, 2.75) is 46.6 Å². The van der Waals surface area contributed by atoms with Crippen LogP contribution in [0, 0.1) is 5.92 Å². The van der Waals surface area contributed by atoms with E-state index in [0.717, 1.165) is 30.5 Å². The molecular formula is C13H24N4. The molecule has 1 unspecified atom stereocenters. The first-order valence-corrected chi connectivity index (χ1v) is 6.44. The van der Waals surface area contributed by atoms with Gasteiger partial charge in [-0.3, -0.25) is 0 Å². The van der Waals surface area contributed by atoms with Gasteiger partial charge in [-0.15, -0.1) is 0 Å². The van der Waals surface area contributed by atoms with E-state index in [1.54, 1.807) is 6.33 Å². The zero-order valence-electron chi connectivity index (χ0n) is 11.3. The molecule has 0 saturated heterocycles. The van der Waals surface area contributed by atoms with E-state index in [-0.39, 0.29) is 0 Å². The minimum atomic E-state index is 0.446. The van der Waals surface area contributed by atoms with Crippen molar-refractivity contribution < 1.29 is 0 Å². The number of anilines is 2. The molecule has 0 aliphatic rings. The quantitative estimate of drug-likeness (QED) is 0.763. The number of aromatic nitrogens is 2. The maximum absolute atomic E-state index is 4.23. The van der Waals surface area contributed by atoms with E-state index in [2.05, 4.69) is 48.3 Å². The lowest BCUT2D eigenvalue weighted by molar-refractivity contribution is 0.527. The molecule has 4 nitrogen and oxygen atoms in total. The van der Waals surface area contributed by atoms with Gasteiger partial charge in [0, 0.05) is 18.7 Å². The standard InChI is InChI=1S/C13H24N4/c1-5-14-12-8-13(16-9-15-12)17-11(4)7-6-10(2)3/h8-11H,5-7H2,1-4H3,(H2,14,15,16,17). The zero-order chi connectivity index (χ0) is 12.7. The third kappa shape index (κ3) is 5.52. The lowest BCUT2D eigenvalue weighted by Crippen LogP contribution is -2.17. The van der Waals surface area contributed by atoms with Gasteiger partial charge in [0.05, 0.1) is 0 Å². The fourth-order valence-electron chi connectivity index (χ4n) is 1.62. The van der Waals surface area contributed by atoms with E-state index in [1.165, 1.54) is 6.42 Å². The van der Waals surface area contributed by atoms with E-state index in [0.29, 0.717) is 6.04 Å². The smallest absolute Gasteiger partial charge is 0.131 e. The van der Waals surface area contributed by atoms with E-state index < -0.39 is 0 Å². The molecule has 1 aromatic rings. The fraction of sp³-hybridized carbons (Fsp3) is 0.692. The molecule has 0 aliphatic heterocycles. The molecule has 4 heteroatoms. The summed E-state index contributed by atoms with van der Waals surface area (Å²) in [7, 11) is 0. The summed E-state index contributed by atoms with van der Waals surface area (Å²) in [4.78, 5) is 8.37. The van der Waals surface area contributed by atoms with Crippen molar-refractivity contribution in [3.63, 3.8) is 0 Å². The highest BCUT2D eigenvalue weighted by molar-refractivity contribution is 5.46. The van der Waals surface area contributed by atoms with Crippen LogP contribution in [0.4, 0.5) is 11.6 Å². The average Bonchev–Trinajstić information content (AvgIpc) is 2.27. The largest absolute Gasteiger partial charge is 0.370 e. The summed E-state index contributed by atoms with van der Waals surface area (Å²) < 4.78 is 0. The zero-order valence-corrected chi connectivity index (χ0v) is 11.3. The van der Waals surface area contributed by atoms with Crippen LogP contribution < -0.4 is 10.6 Å². The lowest BCUT2D eigenvalue weighted by atomic mass is 10.0. The van der Waals surface area contributed by atoms with Gasteiger partial charge < -0.3 is 10.6 Å². The predicted octanol–water partition coefficient (Wildman–Crippen LogP) is 3.15. The summed E-state index contributed by atoms with van der Waals surface area (Å²) in [6.45, 7) is 9.62. The van der Waals surface area contributed by atoms with E-state index in [1.807, 2.05) is 6.07 Å². The van der Waals surface area contributed by atoms with Crippen molar-refractivity contribution in [2.24, 2.45) is 5.92 Å². The number of nitrogens with zero attached hydrogens (tertiary/aromatic N) is 2. The van der Waals surface area contributed by atoms with Gasteiger partial charge in [-0.1, -0.05) is 13.8 Å². The molecule has 0 aliphatic carbocycles. The first kappa shape index (κ1) is 13.7. The number of rotatable bonds is 7. The topological polar surface area (TPSA) is 49.8 Å². The minimum Gasteiger partial charge on any atom is -0.370 e. The monoisotopic (exact) mass is 236 g/mol. The molecule has 0 amide bonds. The predicted molar refractivity (Wildman–Crippen MR) is 73.4 cm³/mol. The Kier molecular flexibility index (Phi) is 5.73. The summed E-state index contributed by atoms with van der Waals surface area (Å²) in [5.74, 6) is 2.52. The van der Waals surface area contributed by atoms with Crippen molar-refractivity contribution in [1.29, 1.82) is 0 Å². The number of hydrogen-bond donors (Lipinski definition) is 2. The maximum Gasteiger partial charge on any atom is 0.131 e. The highest BCUT2D eigenvalue weighted by atomic mass is 15.1. The van der Waals surface area contributed by atoms with Crippen molar-refractivity contribution in [3.8, 4) is 0 Å². The van der Waals surface area contributed by atoms with Crippen LogP contribution in [0.2, 0.25) is 0 Å². The second-order valence-corrected chi connectivity index (χ2v) is 4.84. The van der Waals surface area contributed by atoms with E-state index >= 15 is 0 Å². The van der Waals surface area contributed by atoms with Crippen molar-refractivity contribution in [2.75, 3.05) is 17.2 Å². The fourth-order valence-corrected chi connectivity index (χ4v) is 1.62. The number of hydrogen-bond acceptors (Lipinski definition) is 4. The molecule has 1 atom stereocenters. The summed E-state index contributed by atoms with van der Waals surface area (Å²) in [5, 5.41) is 6.59. The normalized spacial score (nSPS) is 12.5. The molecule has 0 radical (unpaired) electrons. The SMILES string of the molecule is CCNc1cc(NC(C)CCC(C)C)ncn1. The van der Waals surface area contributed by atoms with Gasteiger partial charge in [-0.25, -0.2) is 9.97 Å². The molecule has 2 N–H and O–H groups in total. The van der Waals surface area contributed by atoms with Crippen LogP contribution in [-0.4, -0.2) is 22.6 Å². The van der Waals surface area contributed by atoms with Crippen LogP contribution in [0.5, 0.6) is 0 Å². The first-order chi connectivity index (χ1) is 8.11. The van der Waals surface area contributed by atoms with Gasteiger partial charge >= 0.3 is 0 Å². The highest BCUT2D eigenvalue weighted by Crippen LogP contribution is 2.13. The van der Waals surface area contributed by atoms with E-state index in [9.17, 15) is 0 Å². The average molecular weight is 236 g/mol. The third-order valence-corrected chi connectivity index (χ3v) is 2.60. The molecule has 1 rings (SSSR count). The molecule has 0 saturated carbocycles. The van der Waals surface area contributed by atoms with Gasteiger partial charge in [0.2, 0.25) is 0 Å². The Morgan fingerprint density at radius 2 is 1.82 bits per heavy atom. The molecule has 17 heavy (non-hydrogen) atoms. The molecule has 96 valence electrons. The van der Waals surface area contributed by atoms with Gasteiger partial charge in [0.15, 0.2) is 0 Å². The Hall–Kier alpha value is -1.32. The maximum atomic E-state index is 4.23. The van der Waals surface area contributed by atoms with Gasteiger partial charge in [0.1, 0.15) is 18.0 Å². The Bertz CT molecular complexity index is 325. The van der Waals surface area contributed by atoms with Crippen LogP contribution in [-0.2, 0) is 0 Å². The second-order valence-electron chi connectivity index (χ2n) is 4.84. The molecule has 1 aromatic heterocycles. The summed E-state index contributed by atoms with van der Waals surface area (Å²) >= 11 is 0. The Morgan fingerprint density at radius 3 is 2.47 bits per heavy atom. The van der Waals surface area contributed by atoms with E-state index in [4.69, 9.17) is 0 Å². The highest BCUT2D eigenvalue weighted by Gasteiger charge is 2.05. The summed E-state index contributed by atoms with van der Waals surface area (Å²) in [5.41, 5.74) is 0. The Morgan fingerprint density at radius 1 is 1.12 bits per heavy atom. The number of nitrogens with one attached hydrogen (secondary N) is 2. The Balaban J connectivity index is 2.46. The third-order valence-electron chi connectivity index (χ3n) is 2.60. The molecule has 1 heterocycles. The van der Waals surface area contributed by atoms with Crippen LogP contribution in [0.3, 0.4) is 0 Å². The lowest BCUT2D eigenvalue weighted by Gasteiger charge is -2.15. The second kappa shape index (κ2) is 7.09. The van der Waals surface area contributed by atoms with Crippen LogP contribution in [0.25, 0.3) is 0 Å². The Labute approximate surface area is 104 Å². The van der Waals surface area contributed by atoms with Crippen molar-refractivity contribution in [1.82, 2.24) is 9.97 Å². The summed E-state index contributed by atoms with van der Waals surface area (Å²) in [6.07, 6.45) is 3.99. The molecule has 0 fully saturated rings. The summed E-state index contributed by atoms with van der Waals surface area (Å²) in [6, 6.07) is 2.40. The van der Waals surface area contributed by atoms with Crippen LogP contribution in [0.15, 0.2) is 12.4 Å². The van der Waals surface area contributed by atoms with Gasteiger partial charge in [0.25, 0.3) is 0 Å². The van der Waals surface area contributed by atoms with Crippen molar-refractivity contribution >= 4 is 11.6 Å². The van der Waals surface area contributed by atoms with Crippen LogP contribution >= 0.6 is 0 Å². The molecule has 0 spiro atoms. The van der Waals surface area contributed by atoms with Crippen LogP contribution in [0.1, 0.15) is 40.5 Å². The first-order valence-electron chi connectivity index (χ1n) is 6.44. The minimum absolute atomic E-state index is 0.446. The van der Waals surface area contributed by atoms with Gasteiger partial charge in [-0.2, -0.15) is 0 Å². The molecule has 0 aromatic carbocycles. The van der Waals surface area contributed by atoms with Gasteiger partial charge in [-0.05, 0) is 32.6 Å². The molecular weight excluding hydrogens is 212 g/mol. The molecule has 0 bridgehead atoms.